The minimum Gasteiger partial charge on any atom is -0.497 e. The molecule has 2 nitrogen and oxygen atoms in total. The molecule has 4 aromatic rings. The van der Waals surface area contributed by atoms with Crippen molar-refractivity contribution in [2.75, 3.05) is 7.11 Å². The van der Waals surface area contributed by atoms with Gasteiger partial charge in [0.15, 0.2) is 0 Å². The summed E-state index contributed by atoms with van der Waals surface area (Å²) in [5, 5.41) is 1.11. The van der Waals surface area contributed by atoms with Gasteiger partial charge in [-0.05, 0) is 47.5 Å². The van der Waals surface area contributed by atoms with Crippen molar-refractivity contribution in [3.8, 4) is 17.0 Å². The molecule has 0 spiro atoms. The molecule has 0 radical (unpaired) electrons. The van der Waals surface area contributed by atoms with Gasteiger partial charge in [0.1, 0.15) is 5.75 Å². The molecule has 0 aliphatic rings. The van der Waals surface area contributed by atoms with Crippen molar-refractivity contribution in [2.45, 2.75) is 6.54 Å². The summed E-state index contributed by atoms with van der Waals surface area (Å²) in [5.74, 6) is 0.850. The Morgan fingerprint density at radius 2 is 1.54 bits per heavy atom. The summed E-state index contributed by atoms with van der Waals surface area (Å²) in [7, 11) is 1.68. The topological polar surface area (TPSA) is 14.2 Å². The second-order valence-electron chi connectivity index (χ2n) is 6.21. The van der Waals surface area contributed by atoms with Crippen LogP contribution < -0.4 is 4.74 Å². The summed E-state index contributed by atoms with van der Waals surface area (Å²) in [6.07, 6.45) is 0. The molecule has 3 heteroatoms. The molecule has 0 fully saturated rings. The Morgan fingerprint density at radius 3 is 2.27 bits per heavy atom. The molecule has 1 heterocycles. The van der Waals surface area contributed by atoms with Crippen LogP contribution in [0, 0.1) is 4.51 Å². The predicted octanol–water partition coefficient (Wildman–Crippen LogP) is 6.09. The molecule has 26 heavy (non-hydrogen) atoms. The first-order valence-corrected chi connectivity index (χ1v) is 8.98. The van der Waals surface area contributed by atoms with Gasteiger partial charge in [0.25, 0.3) is 0 Å². The Bertz CT molecular complexity index is 1100. The van der Waals surface area contributed by atoms with Crippen molar-refractivity contribution >= 4 is 23.1 Å². The van der Waals surface area contributed by atoms with E-state index in [-0.39, 0.29) is 0 Å². The largest absolute Gasteiger partial charge is 0.497 e. The van der Waals surface area contributed by atoms with Crippen molar-refractivity contribution in [3.63, 3.8) is 0 Å². The highest BCUT2D eigenvalue weighted by atomic mass is 32.1. The van der Waals surface area contributed by atoms with Gasteiger partial charge in [0, 0.05) is 16.4 Å². The van der Waals surface area contributed by atoms with E-state index in [1.165, 1.54) is 5.56 Å². The Kier molecular flexibility index (Phi) is 4.55. The van der Waals surface area contributed by atoms with Crippen LogP contribution in [0.25, 0.3) is 22.2 Å². The van der Waals surface area contributed by atoms with Crippen molar-refractivity contribution in [1.29, 1.82) is 0 Å². The number of hydrogen-bond donors (Lipinski definition) is 0. The van der Waals surface area contributed by atoms with Gasteiger partial charge < -0.3 is 9.30 Å². The van der Waals surface area contributed by atoms with Crippen molar-refractivity contribution in [2.24, 2.45) is 0 Å². The molecule has 0 bridgehead atoms. The number of para-hydroxylation sites is 1. The van der Waals surface area contributed by atoms with Crippen LogP contribution in [0.15, 0.2) is 84.9 Å². The van der Waals surface area contributed by atoms with Crippen molar-refractivity contribution < 1.29 is 4.74 Å². The summed E-state index contributed by atoms with van der Waals surface area (Å²) in [6.45, 7) is 0.790. The standard InChI is InChI=1S/C23H19NOS/c1-25-19-13-11-18(12-14-19)22-15-23(26)20-9-5-6-10-21(20)24(22)16-17-7-3-2-4-8-17/h2-15H,16H2,1H3. The van der Waals surface area contributed by atoms with Gasteiger partial charge in [-0.15, -0.1) is 0 Å². The second kappa shape index (κ2) is 7.14. The molecule has 0 aliphatic heterocycles. The van der Waals surface area contributed by atoms with Gasteiger partial charge in [-0.2, -0.15) is 0 Å². The number of rotatable bonds is 4. The number of aromatic nitrogens is 1. The highest BCUT2D eigenvalue weighted by Gasteiger charge is 2.10. The fourth-order valence-electron chi connectivity index (χ4n) is 3.26. The van der Waals surface area contributed by atoms with Crippen LogP contribution in [0.1, 0.15) is 5.56 Å². The van der Waals surface area contributed by atoms with Crippen molar-refractivity contribution in [3.05, 3.63) is 95.0 Å². The molecule has 0 amide bonds. The van der Waals surface area contributed by atoms with Crippen LogP contribution in [-0.2, 0) is 6.54 Å². The summed E-state index contributed by atoms with van der Waals surface area (Å²) < 4.78 is 8.50. The van der Waals surface area contributed by atoms with Crippen LogP contribution in [0.5, 0.6) is 5.75 Å². The Morgan fingerprint density at radius 1 is 0.846 bits per heavy atom. The maximum atomic E-state index is 5.68. The SMILES string of the molecule is COc1ccc(-c2cc(=S)c3ccccc3n2Cc2ccccc2)cc1. The lowest BCUT2D eigenvalue weighted by Gasteiger charge is -2.18. The normalized spacial score (nSPS) is 10.8. The number of nitrogens with zero attached hydrogens (tertiary/aromatic N) is 1. The first kappa shape index (κ1) is 16.6. The molecule has 1 aromatic heterocycles. The Balaban J connectivity index is 1.95. The number of ether oxygens (including phenoxy) is 1. The van der Waals surface area contributed by atoms with Gasteiger partial charge in [-0.3, -0.25) is 0 Å². The quantitative estimate of drug-likeness (QED) is 0.410. The van der Waals surface area contributed by atoms with E-state index >= 15 is 0 Å². The first-order chi connectivity index (χ1) is 12.8. The third kappa shape index (κ3) is 3.14. The molecule has 128 valence electrons. The molecule has 0 N–H and O–H groups in total. The molecular weight excluding hydrogens is 338 g/mol. The lowest BCUT2D eigenvalue weighted by atomic mass is 10.1. The fourth-order valence-corrected chi connectivity index (χ4v) is 3.55. The summed E-state index contributed by atoms with van der Waals surface area (Å²) >= 11 is 5.68. The van der Waals surface area contributed by atoms with Crippen molar-refractivity contribution in [1.82, 2.24) is 4.57 Å². The van der Waals surface area contributed by atoms with E-state index in [2.05, 4.69) is 65.2 Å². The first-order valence-electron chi connectivity index (χ1n) is 8.57. The van der Waals surface area contributed by atoms with Gasteiger partial charge in [-0.1, -0.05) is 60.7 Å². The van der Waals surface area contributed by atoms with E-state index in [4.69, 9.17) is 17.0 Å². The number of fused-ring (bicyclic) bond motifs is 1. The van der Waals surface area contributed by atoms with Gasteiger partial charge in [0.2, 0.25) is 0 Å². The molecule has 4 rings (SSSR count). The highest BCUT2D eigenvalue weighted by molar-refractivity contribution is 7.71. The number of benzene rings is 3. The molecule has 0 saturated carbocycles. The predicted molar refractivity (Wildman–Crippen MR) is 110 cm³/mol. The number of pyridine rings is 1. The maximum absolute atomic E-state index is 5.68. The van der Waals surface area contributed by atoms with E-state index < -0.39 is 0 Å². The zero-order valence-corrected chi connectivity index (χ0v) is 15.4. The summed E-state index contributed by atoms with van der Waals surface area (Å²) in [6, 6.07) is 29.1. The van der Waals surface area contributed by atoms with Gasteiger partial charge in [-0.25, -0.2) is 0 Å². The van der Waals surface area contributed by atoms with Gasteiger partial charge in [0.05, 0.1) is 18.3 Å². The number of methoxy groups -OCH3 is 1. The average molecular weight is 357 g/mol. The lowest BCUT2D eigenvalue weighted by Crippen LogP contribution is -2.06. The van der Waals surface area contributed by atoms with E-state index in [1.54, 1.807) is 7.11 Å². The van der Waals surface area contributed by atoms with Crippen LogP contribution in [0.4, 0.5) is 0 Å². The molecular formula is C23H19NOS. The molecule has 0 saturated heterocycles. The summed E-state index contributed by atoms with van der Waals surface area (Å²) in [5.41, 5.74) is 4.64. The zero-order chi connectivity index (χ0) is 17.9. The highest BCUT2D eigenvalue weighted by Crippen LogP contribution is 2.28. The number of hydrogen-bond acceptors (Lipinski definition) is 2. The van der Waals surface area contributed by atoms with E-state index in [0.717, 1.165) is 39.0 Å². The van der Waals surface area contributed by atoms with Gasteiger partial charge >= 0.3 is 0 Å². The Labute approximate surface area is 158 Å². The third-order valence-corrected chi connectivity index (χ3v) is 4.93. The lowest BCUT2D eigenvalue weighted by molar-refractivity contribution is 0.415. The zero-order valence-electron chi connectivity index (χ0n) is 14.6. The molecule has 3 aromatic carbocycles. The monoisotopic (exact) mass is 357 g/mol. The molecule has 0 unspecified atom stereocenters. The maximum Gasteiger partial charge on any atom is 0.118 e. The smallest absolute Gasteiger partial charge is 0.118 e. The Hall–Kier alpha value is -2.91. The average Bonchev–Trinajstić information content (AvgIpc) is 2.71. The second-order valence-corrected chi connectivity index (χ2v) is 6.65. The van der Waals surface area contributed by atoms with E-state index in [1.807, 2.05) is 24.3 Å². The van der Waals surface area contributed by atoms with E-state index in [0.29, 0.717) is 0 Å². The third-order valence-electron chi connectivity index (χ3n) is 4.59. The molecule has 0 aliphatic carbocycles. The summed E-state index contributed by atoms with van der Waals surface area (Å²) in [4.78, 5) is 0. The minimum absolute atomic E-state index is 0.790. The minimum atomic E-state index is 0.790. The fraction of sp³-hybridized carbons (Fsp3) is 0.0870. The van der Waals surface area contributed by atoms with Crippen LogP contribution in [0.2, 0.25) is 0 Å². The molecule has 0 atom stereocenters. The van der Waals surface area contributed by atoms with E-state index in [9.17, 15) is 0 Å². The van der Waals surface area contributed by atoms with Crippen LogP contribution >= 0.6 is 12.2 Å². The van der Waals surface area contributed by atoms with Crippen LogP contribution in [0.3, 0.4) is 0 Å². The van der Waals surface area contributed by atoms with Crippen LogP contribution in [-0.4, -0.2) is 11.7 Å².